The molecule has 3 aliphatic rings. The quantitative estimate of drug-likeness (QED) is 0.777. The molecular weight excluding hydrogens is 354 g/mol. The zero-order valence-corrected chi connectivity index (χ0v) is 15.9. The molecule has 144 valence electrons. The van der Waals surface area contributed by atoms with E-state index in [2.05, 4.69) is 15.7 Å². The minimum Gasteiger partial charge on any atom is -0.493 e. The van der Waals surface area contributed by atoms with Crippen molar-refractivity contribution in [2.24, 2.45) is 5.92 Å². The number of aliphatic hydroxyl groups is 1. The van der Waals surface area contributed by atoms with Crippen molar-refractivity contribution >= 4 is 10.2 Å². The molecule has 7 nitrogen and oxygen atoms in total. The second kappa shape index (κ2) is 7.09. The number of piperazine rings is 1. The fraction of sp³-hybridized carbons (Fsp3) is 0.667. The normalized spacial score (nSPS) is 28.2. The predicted octanol–water partition coefficient (Wildman–Crippen LogP) is 0.515. The number of fused-ring (bicyclic) bond motifs is 1. The molecule has 0 spiro atoms. The van der Waals surface area contributed by atoms with Crippen molar-refractivity contribution < 1.29 is 18.3 Å². The highest BCUT2D eigenvalue weighted by Gasteiger charge is 2.39. The molecule has 1 atom stereocenters. The molecule has 0 radical (unpaired) electrons. The highest BCUT2D eigenvalue weighted by Crippen LogP contribution is 2.40. The third kappa shape index (κ3) is 3.61. The first-order valence-corrected chi connectivity index (χ1v) is 10.8. The Balaban J connectivity index is 1.56. The van der Waals surface area contributed by atoms with Crippen LogP contribution in [0.2, 0.25) is 0 Å². The van der Waals surface area contributed by atoms with Gasteiger partial charge in [0.1, 0.15) is 5.75 Å². The van der Waals surface area contributed by atoms with Gasteiger partial charge in [0.2, 0.25) is 0 Å². The van der Waals surface area contributed by atoms with Gasteiger partial charge in [0.25, 0.3) is 10.2 Å². The summed E-state index contributed by atoms with van der Waals surface area (Å²) in [5.41, 5.74) is 2.09. The van der Waals surface area contributed by atoms with Crippen molar-refractivity contribution in [3.05, 3.63) is 29.3 Å². The number of rotatable bonds is 5. The van der Waals surface area contributed by atoms with E-state index in [1.807, 2.05) is 19.2 Å². The van der Waals surface area contributed by atoms with Crippen LogP contribution in [0.15, 0.2) is 18.2 Å². The summed E-state index contributed by atoms with van der Waals surface area (Å²) in [6, 6.07) is 5.63. The van der Waals surface area contributed by atoms with Gasteiger partial charge in [-0.1, -0.05) is 12.1 Å². The van der Waals surface area contributed by atoms with E-state index in [0.29, 0.717) is 32.5 Å². The van der Waals surface area contributed by atoms with Gasteiger partial charge in [0, 0.05) is 32.6 Å². The molecular formula is C18H27N3O4S. The molecule has 0 aromatic heterocycles. The number of aliphatic hydroxyl groups excluding tert-OH is 1. The second-order valence-corrected chi connectivity index (χ2v) is 9.36. The Morgan fingerprint density at radius 2 is 1.96 bits per heavy atom. The van der Waals surface area contributed by atoms with Crippen LogP contribution in [0.25, 0.3) is 0 Å². The highest BCUT2D eigenvalue weighted by atomic mass is 32.2. The fourth-order valence-corrected chi connectivity index (χ4v) is 5.44. The van der Waals surface area contributed by atoms with E-state index in [0.717, 1.165) is 36.4 Å². The first-order chi connectivity index (χ1) is 12.4. The molecule has 4 rings (SSSR count). The molecule has 0 bridgehead atoms. The lowest BCUT2D eigenvalue weighted by Gasteiger charge is -2.40. The zero-order chi connectivity index (χ0) is 18.3. The van der Waals surface area contributed by atoms with E-state index in [-0.39, 0.29) is 18.1 Å². The monoisotopic (exact) mass is 381 g/mol. The summed E-state index contributed by atoms with van der Waals surface area (Å²) >= 11 is 0. The first-order valence-electron chi connectivity index (χ1n) is 9.32. The lowest BCUT2D eigenvalue weighted by atomic mass is 9.75. The molecule has 1 aromatic carbocycles. The van der Waals surface area contributed by atoms with Crippen molar-refractivity contribution in [2.75, 3.05) is 39.8 Å². The highest BCUT2D eigenvalue weighted by molar-refractivity contribution is 7.87. The Morgan fingerprint density at radius 1 is 1.23 bits per heavy atom. The second-order valence-electron chi connectivity index (χ2n) is 7.65. The summed E-state index contributed by atoms with van der Waals surface area (Å²) in [6.45, 7) is 3.17. The maximum atomic E-state index is 12.9. The van der Waals surface area contributed by atoms with E-state index in [9.17, 15) is 13.5 Å². The summed E-state index contributed by atoms with van der Waals surface area (Å²) in [7, 11) is -1.56. The van der Waals surface area contributed by atoms with Gasteiger partial charge in [-0.25, -0.2) is 0 Å². The van der Waals surface area contributed by atoms with E-state index in [4.69, 9.17) is 4.74 Å². The Bertz CT molecular complexity index is 756. The Morgan fingerprint density at radius 3 is 2.65 bits per heavy atom. The molecule has 1 unspecified atom stereocenters. The largest absolute Gasteiger partial charge is 0.493 e. The summed E-state index contributed by atoms with van der Waals surface area (Å²) in [5, 5.41) is 9.73. The number of ether oxygens (including phenoxy) is 1. The Kier molecular flexibility index (Phi) is 4.96. The van der Waals surface area contributed by atoms with Gasteiger partial charge in [0.05, 0.1) is 18.8 Å². The molecule has 0 amide bonds. The number of likely N-dealkylation sites (N-methyl/N-ethyl adjacent to an activating group) is 1. The third-order valence-electron chi connectivity index (χ3n) is 5.77. The van der Waals surface area contributed by atoms with Crippen LogP contribution in [0, 0.1) is 5.92 Å². The van der Waals surface area contributed by atoms with E-state index < -0.39 is 10.2 Å². The lowest BCUT2D eigenvalue weighted by molar-refractivity contribution is 0.0276. The maximum Gasteiger partial charge on any atom is 0.280 e. The summed E-state index contributed by atoms with van der Waals surface area (Å²) in [5.74, 6) is 1.01. The van der Waals surface area contributed by atoms with Gasteiger partial charge in [-0.15, -0.1) is 0 Å². The van der Waals surface area contributed by atoms with Crippen molar-refractivity contribution in [1.29, 1.82) is 0 Å². The fourth-order valence-electron chi connectivity index (χ4n) is 4.00. The molecule has 1 aliphatic carbocycles. The first kappa shape index (κ1) is 18.2. The smallest absolute Gasteiger partial charge is 0.280 e. The SMILES string of the molecule is CN1CCN(S(=O)(=O)NC(c2ccc3c(c2)CCO3)C2CC(O)C2)CC1. The van der Waals surface area contributed by atoms with Gasteiger partial charge in [-0.2, -0.15) is 17.4 Å². The standard InChI is InChI=1S/C18H27N3O4S/c1-20-5-7-21(8-6-20)26(23,24)19-18(15-11-16(22)12-15)14-2-3-17-13(10-14)4-9-25-17/h2-3,10,15-16,18-19,22H,4-9,11-12H2,1H3. The molecule has 2 aliphatic heterocycles. The van der Waals surface area contributed by atoms with Crippen molar-refractivity contribution in [3.63, 3.8) is 0 Å². The molecule has 2 heterocycles. The number of benzene rings is 1. The van der Waals surface area contributed by atoms with Crippen LogP contribution in [0.4, 0.5) is 0 Å². The van der Waals surface area contributed by atoms with Crippen molar-refractivity contribution in [1.82, 2.24) is 13.9 Å². The molecule has 26 heavy (non-hydrogen) atoms. The zero-order valence-electron chi connectivity index (χ0n) is 15.1. The van der Waals surface area contributed by atoms with Crippen LogP contribution in [-0.2, 0) is 16.6 Å². The molecule has 2 N–H and O–H groups in total. The number of nitrogens with zero attached hydrogens (tertiary/aromatic N) is 2. The van der Waals surface area contributed by atoms with Crippen molar-refractivity contribution in [2.45, 2.75) is 31.4 Å². The topological polar surface area (TPSA) is 82.1 Å². The molecule has 1 saturated heterocycles. The minimum atomic E-state index is -3.56. The van der Waals surface area contributed by atoms with Gasteiger partial charge in [0.15, 0.2) is 0 Å². The Labute approximate surface area is 155 Å². The van der Waals surface area contributed by atoms with Crippen LogP contribution in [0.5, 0.6) is 5.75 Å². The molecule has 1 aromatic rings. The molecule has 2 fully saturated rings. The lowest BCUT2D eigenvalue weighted by Crippen LogP contribution is -2.53. The van der Waals surface area contributed by atoms with Crippen LogP contribution < -0.4 is 9.46 Å². The van der Waals surface area contributed by atoms with Gasteiger partial charge >= 0.3 is 0 Å². The molecule has 1 saturated carbocycles. The van der Waals surface area contributed by atoms with Gasteiger partial charge in [-0.05, 0) is 43.0 Å². The summed E-state index contributed by atoms with van der Waals surface area (Å²) < 4.78 is 35.9. The number of hydrogen-bond donors (Lipinski definition) is 2. The van der Waals surface area contributed by atoms with E-state index >= 15 is 0 Å². The average molecular weight is 381 g/mol. The van der Waals surface area contributed by atoms with Gasteiger partial charge in [-0.3, -0.25) is 0 Å². The van der Waals surface area contributed by atoms with Crippen LogP contribution in [0.1, 0.15) is 30.0 Å². The number of nitrogens with one attached hydrogen (secondary N) is 1. The summed E-state index contributed by atoms with van der Waals surface area (Å²) in [4.78, 5) is 2.13. The average Bonchev–Trinajstić information content (AvgIpc) is 3.05. The van der Waals surface area contributed by atoms with E-state index in [1.54, 1.807) is 0 Å². The van der Waals surface area contributed by atoms with Gasteiger partial charge < -0.3 is 14.7 Å². The van der Waals surface area contributed by atoms with Crippen molar-refractivity contribution in [3.8, 4) is 5.75 Å². The minimum absolute atomic E-state index is 0.118. The van der Waals surface area contributed by atoms with Crippen LogP contribution >= 0.6 is 0 Å². The van der Waals surface area contributed by atoms with E-state index in [1.165, 1.54) is 4.31 Å². The van der Waals surface area contributed by atoms with Crippen LogP contribution in [0.3, 0.4) is 0 Å². The third-order valence-corrected chi connectivity index (χ3v) is 7.37. The van der Waals surface area contributed by atoms with Crippen LogP contribution in [-0.4, -0.2) is 68.7 Å². The number of hydrogen-bond acceptors (Lipinski definition) is 5. The predicted molar refractivity (Wildman–Crippen MR) is 98.2 cm³/mol. The maximum absolute atomic E-state index is 12.9. The molecule has 8 heteroatoms. The Hall–Kier alpha value is -1.19. The summed E-state index contributed by atoms with van der Waals surface area (Å²) in [6.07, 6.45) is 1.79.